The van der Waals surface area contributed by atoms with Gasteiger partial charge in [0.25, 0.3) is 0 Å². The van der Waals surface area contributed by atoms with E-state index in [0.29, 0.717) is 50.5 Å². The molecule has 2 aliphatic heterocycles. The maximum atomic E-state index is 13.1. The molecule has 1 fully saturated rings. The fraction of sp³-hybridized carbons (Fsp3) is 0.333. The average Bonchev–Trinajstić information content (AvgIpc) is 3.31. The highest BCUT2D eigenvalue weighted by molar-refractivity contribution is 5.70. The Hall–Kier alpha value is -4.12. The molecule has 196 valence electrons. The van der Waals surface area contributed by atoms with Gasteiger partial charge in [0.1, 0.15) is 17.5 Å². The molecular weight excluding hydrogens is 496 g/mol. The first-order chi connectivity index (χ1) is 18.5. The maximum absolute atomic E-state index is 13.1. The molecule has 4 aromatic rings. The van der Waals surface area contributed by atoms with E-state index in [1.807, 2.05) is 27.6 Å². The molecule has 38 heavy (non-hydrogen) atoms. The fourth-order valence-corrected chi connectivity index (χ4v) is 5.19. The number of hydrogen-bond acceptors (Lipinski definition) is 7. The maximum Gasteiger partial charge on any atom is 0.387 e. The summed E-state index contributed by atoms with van der Waals surface area (Å²) in [6, 6.07) is 10.5. The lowest BCUT2D eigenvalue weighted by Crippen LogP contribution is -2.37. The third-order valence-electron chi connectivity index (χ3n) is 7.12. The molecule has 0 aliphatic carbocycles. The van der Waals surface area contributed by atoms with Crippen LogP contribution in [0, 0.1) is 5.92 Å². The van der Waals surface area contributed by atoms with E-state index in [1.165, 1.54) is 6.07 Å². The SMILES string of the molecule is O=C(O)C1CCN(c2ncc(-c3ccc4nc5c(n4c3)C(c3ccccc3OC(F)F)OCC5)cn2)CC1. The summed E-state index contributed by atoms with van der Waals surface area (Å²) < 4.78 is 38.9. The predicted octanol–water partition coefficient (Wildman–Crippen LogP) is 4.36. The Balaban J connectivity index is 1.31. The van der Waals surface area contributed by atoms with Crippen LogP contribution in [-0.4, -0.2) is 56.7 Å². The number of ether oxygens (including phenoxy) is 2. The van der Waals surface area contributed by atoms with E-state index in [1.54, 1.807) is 30.6 Å². The minimum absolute atomic E-state index is 0.0721. The normalized spacial score (nSPS) is 18.1. The van der Waals surface area contributed by atoms with Crippen molar-refractivity contribution in [3.05, 3.63) is 71.9 Å². The van der Waals surface area contributed by atoms with Crippen LogP contribution in [0.25, 0.3) is 16.8 Å². The van der Waals surface area contributed by atoms with Crippen LogP contribution >= 0.6 is 0 Å². The summed E-state index contributed by atoms with van der Waals surface area (Å²) in [4.78, 5) is 27.1. The number of nitrogens with zero attached hydrogens (tertiary/aromatic N) is 5. The number of alkyl halides is 2. The Bertz CT molecular complexity index is 1470. The van der Waals surface area contributed by atoms with E-state index in [0.717, 1.165) is 28.2 Å². The average molecular weight is 522 g/mol. The summed E-state index contributed by atoms with van der Waals surface area (Å²) in [7, 11) is 0. The standard InChI is InChI=1S/C27H25F2N5O4/c28-26(29)38-21-4-2-1-3-19(21)24-23-20(9-12-37-24)32-22-6-5-17(15-34(22)23)18-13-30-27(31-14-18)33-10-7-16(8-11-33)25(35)36/h1-6,13-16,24,26H,7-12H2,(H,35,36). The summed E-state index contributed by atoms with van der Waals surface area (Å²) in [5.41, 5.74) is 4.52. The largest absolute Gasteiger partial charge is 0.481 e. The molecule has 1 N–H and O–H groups in total. The van der Waals surface area contributed by atoms with E-state index < -0.39 is 18.7 Å². The van der Waals surface area contributed by atoms with Gasteiger partial charge in [-0.25, -0.2) is 15.0 Å². The van der Waals surface area contributed by atoms with Gasteiger partial charge in [0, 0.05) is 54.8 Å². The van der Waals surface area contributed by atoms with Gasteiger partial charge in [-0.05, 0) is 31.0 Å². The summed E-state index contributed by atoms with van der Waals surface area (Å²) in [5, 5.41) is 9.22. The van der Waals surface area contributed by atoms with Crippen molar-refractivity contribution in [1.29, 1.82) is 0 Å². The molecule has 1 saturated heterocycles. The summed E-state index contributed by atoms with van der Waals surface area (Å²) in [5.74, 6) is -0.429. The van der Waals surface area contributed by atoms with Crippen molar-refractivity contribution >= 4 is 17.6 Å². The van der Waals surface area contributed by atoms with E-state index in [4.69, 9.17) is 14.5 Å². The van der Waals surface area contributed by atoms with Gasteiger partial charge in [0.05, 0.1) is 23.9 Å². The third-order valence-corrected chi connectivity index (χ3v) is 7.12. The number of carboxylic acid groups (broad SMARTS) is 1. The van der Waals surface area contributed by atoms with Crippen LogP contribution in [0.3, 0.4) is 0 Å². The zero-order chi connectivity index (χ0) is 26.2. The molecule has 11 heteroatoms. The van der Waals surface area contributed by atoms with Gasteiger partial charge in [-0.15, -0.1) is 0 Å². The van der Waals surface area contributed by atoms with Crippen molar-refractivity contribution < 1.29 is 28.2 Å². The molecule has 0 amide bonds. The van der Waals surface area contributed by atoms with Gasteiger partial charge in [-0.1, -0.05) is 18.2 Å². The lowest BCUT2D eigenvalue weighted by molar-refractivity contribution is -0.142. The number of piperidine rings is 1. The Kier molecular flexibility index (Phi) is 6.36. The molecule has 1 unspecified atom stereocenters. The summed E-state index contributed by atoms with van der Waals surface area (Å²) in [6.07, 6.45) is 6.54. The monoisotopic (exact) mass is 521 g/mol. The van der Waals surface area contributed by atoms with Crippen LogP contribution in [0.1, 0.15) is 35.9 Å². The second-order valence-electron chi connectivity index (χ2n) is 9.38. The molecule has 1 aromatic carbocycles. The summed E-state index contributed by atoms with van der Waals surface area (Å²) in [6.45, 7) is -1.33. The lowest BCUT2D eigenvalue weighted by Gasteiger charge is -2.30. The fourth-order valence-electron chi connectivity index (χ4n) is 5.19. The zero-order valence-corrected chi connectivity index (χ0v) is 20.3. The lowest BCUT2D eigenvalue weighted by atomic mass is 9.97. The van der Waals surface area contributed by atoms with Crippen molar-refractivity contribution in [3.8, 4) is 16.9 Å². The molecule has 3 aromatic heterocycles. The second kappa shape index (κ2) is 9.97. The number of benzene rings is 1. The molecular formula is C27H25F2N5O4. The van der Waals surface area contributed by atoms with Crippen molar-refractivity contribution in [2.24, 2.45) is 5.92 Å². The van der Waals surface area contributed by atoms with Crippen LogP contribution in [0.4, 0.5) is 14.7 Å². The minimum atomic E-state index is -2.94. The molecule has 0 bridgehead atoms. The highest BCUT2D eigenvalue weighted by Gasteiger charge is 2.31. The number of rotatable bonds is 6. The van der Waals surface area contributed by atoms with Gasteiger partial charge in [0.15, 0.2) is 0 Å². The van der Waals surface area contributed by atoms with Crippen LogP contribution in [0.15, 0.2) is 55.0 Å². The second-order valence-corrected chi connectivity index (χ2v) is 9.38. The topological polar surface area (TPSA) is 102 Å². The Morgan fingerprint density at radius 3 is 2.58 bits per heavy atom. The number of carbonyl (C=O) groups is 1. The van der Waals surface area contributed by atoms with Crippen molar-refractivity contribution in [2.45, 2.75) is 32.0 Å². The number of hydrogen-bond donors (Lipinski definition) is 1. The molecule has 2 aliphatic rings. The number of aromatic nitrogens is 4. The first-order valence-corrected chi connectivity index (χ1v) is 12.4. The highest BCUT2D eigenvalue weighted by atomic mass is 19.3. The van der Waals surface area contributed by atoms with Crippen LogP contribution in [0.2, 0.25) is 0 Å². The number of para-hydroxylation sites is 1. The molecule has 0 spiro atoms. The van der Waals surface area contributed by atoms with Crippen molar-refractivity contribution in [3.63, 3.8) is 0 Å². The smallest absolute Gasteiger partial charge is 0.387 e. The summed E-state index contributed by atoms with van der Waals surface area (Å²) >= 11 is 0. The first kappa shape index (κ1) is 24.2. The number of carboxylic acids is 1. The van der Waals surface area contributed by atoms with Crippen molar-refractivity contribution in [2.75, 3.05) is 24.6 Å². The third kappa shape index (κ3) is 4.53. The number of aliphatic carboxylic acids is 1. The van der Waals surface area contributed by atoms with E-state index in [9.17, 15) is 18.7 Å². The molecule has 6 rings (SSSR count). The Morgan fingerprint density at radius 1 is 1.08 bits per heavy atom. The van der Waals surface area contributed by atoms with Gasteiger partial charge in [-0.3, -0.25) is 4.79 Å². The first-order valence-electron chi connectivity index (χ1n) is 12.4. The van der Waals surface area contributed by atoms with Gasteiger partial charge < -0.3 is 23.9 Å². The van der Waals surface area contributed by atoms with Crippen molar-refractivity contribution in [1.82, 2.24) is 19.4 Å². The Labute approximate surface area is 216 Å². The highest BCUT2D eigenvalue weighted by Crippen LogP contribution is 2.38. The number of pyridine rings is 1. The Morgan fingerprint density at radius 2 is 1.84 bits per heavy atom. The van der Waals surface area contributed by atoms with Gasteiger partial charge >= 0.3 is 12.6 Å². The molecule has 5 heterocycles. The predicted molar refractivity (Wildman–Crippen MR) is 133 cm³/mol. The van der Waals surface area contributed by atoms with Crippen LogP contribution < -0.4 is 9.64 Å². The van der Waals surface area contributed by atoms with Crippen LogP contribution in [0.5, 0.6) is 5.75 Å². The number of fused-ring (bicyclic) bond motifs is 3. The van der Waals surface area contributed by atoms with E-state index in [2.05, 4.69) is 9.97 Å². The zero-order valence-electron chi connectivity index (χ0n) is 20.3. The van der Waals surface area contributed by atoms with E-state index in [-0.39, 0.29) is 11.7 Å². The number of imidazole rings is 1. The number of halogens is 2. The molecule has 0 radical (unpaired) electrons. The minimum Gasteiger partial charge on any atom is -0.481 e. The molecule has 9 nitrogen and oxygen atoms in total. The van der Waals surface area contributed by atoms with E-state index >= 15 is 0 Å². The van der Waals surface area contributed by atoms with Gasteiger partial charge in [-0.2, -0.15) is 8.78 Å². The van der Waals surface area contributed by atoms with Crippen LogP contribution in [-0.2, 0) is 16.0 Å². The van der Waals surface area contributed by atoms with Gasteiger partial charge in [0.2, 0.25) is 5.95 Å². The molecule has 1 atom stereocenters. The number of anilines is 1. The quantitative estimate of drug-likeness (QED) is 0.400. The molecule has 0 saturated carbocycles.